The van der Waals surface area contributed by atoms with Gasteiger partial charge in [0.15, 0.2) is 5.13 Å². The number of nitrogens with zero attached hydrogens (tertiary/aromatic N) is 2. The number of hydrogen-bond donors (Lipinski definition) is 1. The number of thiophene rings is 1. The molecule has 11 heteroatoms. The van der Waals surface area contributed by atoms with Gasteiger partial charge >= 0.3 is 0 Å². The monoisotopic (exact) mass is 471 g/mol. The fraction of sp³-hybridized carbons (Fsp3) is 0.333. The van der Waals surface area contributed by atoms with Crippen molar-refractivity contribution in [1.29, 1.82) is 0 Å². The molecule has 1 aliphatic heterocycles. The molecule has 1 aromatic carbocycles. The van der Waals surface area contributed by atoms with Crippen LogP contribution in [0.3, 0.4) is 0 Å². The van der Waals surface area contributed by atoms with E-state index in [9.17, 15) is 13.2 Å². The maximum atomic E-state index is 12.8. The summed E-state index contributed by atoms with van der Waals surface area (Å²) in [5, 5.41) is 5.50. The second kappa shape index (κ2) is 8.19. The van der Waals surface area contributed by atoms with Crippen molar-refractivity contribution in [2.75, 3.05) is 25.5 Å². The zero-order chi connectivity index (χ0) is 20.6. The summed E-state index contributed by atoms with van der Waals surface area (Å²) in [7, 11) is -2.02. The quantitative estimate of drug-likeness (QED) is 0.606. The molecule has 4 rings (SSSR count). The lowest BCUT2D eigenvalue weighted by atomic mass is 9.99. The number of rotatable bonds is 5. The molecule has 3 heterocycles. The van der Waals surface area contributed by atoms with Gasteiger partial charge in [-0.25, -0.2) is 13.4 Å². The number of nitrogens with one attached hydrogen (secondary N) is 1. The molecule has 29 heavy (non-hydrogen) atoms. The lowest BCUT2D eigenvalue weighted by molar-refractivity contribution is -0.120. The molecule has 1 saturated heterocycles. The van der Waals surface area contributed by atoms with E-state index in [0.717, 1.165) is 4.70 Å². The Morgan fingerprint density at radius 1 is 1.38 bits per heavy atom. The van der Waals surface area contributed by atoms with E-state index in [0.29, 0.717) is 45.0 Å². The molecular formula is C18H18ClN3O4S3. The maximum absolute atomic E-state index is 12.8. The van der Waals surface area contributed by atoms with Crippen LogP contribution >= 0.6 is 34.3 Å². The van der Waals surface area contributed by atoms with Crippen LogP contribution in [-0.4, -0.2) is 43.8 Å². The fourth-order valence-corrected chi connectivity index (χ4v) is 7.12. The molecule has 0 bridgehead atoms. The van der Waals surface area contributed by atoms with Crippen LogP contribution < -0.4 is 10.1 Å². The van der Waals surface area contributed by atoms with Gasteiger partial charge < -0.3 is 10.1 Å². The fourth-order valence-electron chi connectivity index (χ4n) is 3.29. The number of fused-ring (bicyclic) bond motifs is 1. The van der Waals surface area contributed by atoms with E-state index in [1.165, 1.54) is 27.0 Å². The number of hydrogen-bond acceptors (Lipinski definition) is 7. The van der Waals surface area contributed by atoms with Gasteiger partial charge in [-0.2, -0.15) is 4.31 Å². The number of aromatic nitrogens is 1. The molecule has 7 nitrogen and oxygen atoms in total. The van der Waals surface area contributed by atoms with Crippen molar-refractivity contribution in [2.24, 2.45) is 5.92 Å². The minimum absolute atomic E-state index is 0.154. The molecule has 0 radical (unpaired) electrons. The maximum Gasteiger partial charge on any atom is 0.252 e. The number of anilines is 1. The summed E-state index contributed by atoms with van der Waals surface area (Å²) in [6, 6.07) is 6.74. The number of amides is 1. The number of methoxy groups -OCH3 is 1. The number of halogens is 1. The van der Waals surface area contributed by atoms with Crippen molar-refractivity contribution in [1.82, 2.24) is 9.29 Å². The number of benzene rings is 1. The molecule has 1 N–H and O–H groups in total. The van der Waals surface area contributed by atoms with Crippen molar-refractivity contribution in [3.05, 3.63) is 34.7 Å². The summed E-state index contributed by atoms with van der Waals surface area (Å²) in [6.07, 6.45) is 1.25. The minimum atomic E-state index is -3.57. The van der Waals surface area contributed by atoms with Gasteiger partial charge in [-0.05, 0) is 36.4 Å². The van der Waals surface area contributed by atoms with Gasteiger partial charge in [-0.15, -0.1) is 11.3 Å². The second-order valence-electron chi connectivity index (χ2n) is 6.57. The first-order valence-corrected chi connectivity index (χ1v) is 12.4. The molecule has 2 aromatic heterocycles. The van der Waals surface area contributed by atoms with Crippen molar-refractivity contribution in [3.63, 3.8) is 0 Å². The third kappa shape index (κ3) is 3.99. The van der Waals surface area contributed by atoms with Gasteiger partial charge in [-0.1, -0.05) is 29.0 Å². The molecule has 3 aromatic rings. The summed E-state index contributed by atoms with van der Waals surface area (Å²) >= 11 is 8.68. The molecule has 0 spiro atoms. The predicted octanol–water partition coefficient (Wildman–Crippen LogP) is 4.06. The van der Waals surface area contributed by atoms with E-state index in [2.05, 4.69) is 10.3 Å². The predicted molar refractivity (Wildman–Crippen MR) is 116 cm³/mol. The van der Waals surface area contributed by atoms with Crippen LogP contribution in [0.25, 0.3) is 10.2 Å². The van der Waals surface area contributed by atoms with Crippen LogP contribution in [-0.2, 0) is 14.8 Å². The standard InChI is InChI=1S/C18H18ClN3O4S3/c1-26-13-7-6-12(19)16-15(13)20-18(28-16)21-17(23)11-4-2-8-22(10-11)29(24,25)14-5-3-9-27-14/h3,5-7,9,11H,2,4,8,10H2,1H3,(H,20,21,23). The van der Waals surface area contributed by atoms with Crippen molar-refractivity contribution in [2.45, 2.75) is 17.1 Å². The van der Waals surface area contributed by atoms with Gasteiger partial charge in [0.05, 0.1) is 22.8 Å². The Labute approximate surface area is 181 Å². The third-order valence-electron chi connectivity index (χ3n) is 4.75. The summed E-state index contributed by atoms with van der Waals surface area (Å²) in [6.45, 7) is 0.568. The van der Waals surface area contributed by atoms with Crippen molar-refractivity contribution < 1.29 is 17.9 Å². The van der Waals surface area contributed by atoms with E-state index in [4.69, 9.17) is 16.3 Å². The topological polar surface area (TPSA) is 88.6 Å². The number of carbonyl (C=O) groups excluding carboxylic acids is 1. The van der Waals surface area contributed by atoms with E-state index in [1.54, 1.807) is 36.8 Å². The Hall–Kier alpha value is -1.72. The Balaban J connectivity index is 1.51. The third-order valence-corrected chi connectivity index (χ3v) is 9.42. The van der Waals surface area contributed by atoms with Gasteiger partial charge in [0, 0.05) is 13.1 Å². The number of thiazole rings is 1. The highest BCUT2D eigenvalue weighted by Gasteiger charge is 2.34. The normalized spacial score (nSPS) is 18.1. The molecule has 1 atom stereocenters. The van der Waals surface area contributed by atoms with Gasteiger partial charge in [0.2, 0.25) is 5.91 Å². The Kier molecular flexibility index (Phi) is 5.80. The van der Waals surface area contributed by atoms with Gasteiger partial charge in [0.25, 0.3) is 10.0 Å². The van der Waals surface area contributed by atoms with Crippen LogP contribution in [0.15, 0.2) is 33.9 Å². The molecule has 1 aliphatic rings. The largest absolute Gasteiger partial charge is 0.494 e. The highest BCUT2D eigenvalue weighted by atomic mass is 35.5. The molecule has 0 aliphatic carbocycles. The Morgan fingerprint density at radius 3 is 2.93 bits per heavy atom. The summed E-state index contributed by atoms with van der Waals surface area (Å²) < 4.78 is 33.3. The minimum Gasteiger partial charge on any atom is -0.494 e. The van der Waals surface area contributed by atoms with Crippen LogP contribution in [0.1, 0.15) is 12.8 Å². The van der Waals surface area contributed by atoms with Gasteiger partial charge in [-0.3, -0.25) is 4.79 Å². The average molecular weight is 472 g/mol. The van der Waals surface area contributed by atoms with E-state index < -0.39 is 15.9 Å². The molecule has 154 valence electrons. The second-order valence-corrected chi connectivity index (χ2v) is 11.1. The first-order valence-electron chi connectivity index (χ1n) is 8.87. The highest BCUT2D eigenvalue weighted by molar-refractivity contribution is 7.91. The molecule has 1 amide bonds. The molecule has 1 unspecified atom stereocenters. The number of ether oxygens (including phenoxy) is 1. The molecule has 1 fully saturated rings. The summed E-state index contributed by atoms with van der Waals surface area (Å²) in [4.78, 5) is 17.2. The SMILES string of the molecule is COc1ccc(Cl)c2sc(NC(=O)C3CCCN(S(=O)(=O)c4cccs4)C3)nc12. The zero-order valence-electron chi connectivity index (χ0n) is 15.4. The first kappa shape index (κ1) is 20.5. The lowest BCUT2D eigenvalue weighted by Gasteiger charge is -2.30. The van der Waals surface area contributed by atoms with Crippen LogP contribution in [0.2, 0.25) is 5.02 Å². The van der Waals surface area contributed by atoms with E-state index in [-0.39, 0.29) is 12.5 Å². The summed E-state index contributed by atoms with van der Waals surface area (Å²) in [5.74, 6) is -0.111. The number of piperidine rings is 1. The van der Waals surface area contributed by atoms with Crippen LogP contribution in [0.4, 0.5) is 5.13 Å². The number of sulfonamides is 1. The molecule has 0 saturated carbocycles. The van der Waals surface area contributed by atoms with Crippen molar-refractivity contribution >= 4 is 65.6 Å². The van der Waals surface area contributed by atoms with E-state index >= 15 is 0 Å². The highest BCUT2D eigenvalue weighted by Crippen LogP contribution is 2.37. The molecular weight excluding hydrogens is 454 g/mol. The Morgan fingerprint density at radius 2 is 2.21 bits per heavy atom. The summed E-state index contributed by atoms with van der Waals surface area (Å²) in [5.41, 5.74) is 0.589. The van der Waals surface area contributed by atoms with Crippen LogP contribution in [0.5, 0.6) is 5.75 Å². The first-order chi connectivity index (χ1) is 13.9. The van der Waals surface area contributed by atoms with Crippen LogP contribution in [0, 0.1) is 5.92 Å². The zero-order valence-corrected chi connectivity index (χ0v) is 18.6. The number of carbonyl (C=O) groups is 1. The smallest absolute Gasteiger partial charge is 0.252 e. The Bertz CT molecular complexity index is 1140. The average Bonchev–Trinajstić information content (AvgIpc) is 3.39. The van der Waals surface area contributed by atoms with Gasteiger partial charge in [0.1, 0.15) is 15.5 Å². The lowest BCUT2D eigenvalue weighted by Crippen LogP contribution is -2.43. The van der Waals surface area contributed by atoms with E-state index in [1.807, 2.05) is 0 Å². The van der Waals surface area contributed by atoms with Crippen molar-refractivity contribution in [3.8, 4) is 5.75 Å².